The Bertz CT molecular complexity index is 402. The lowest BCUT2D eigenvalue weighted by atomic mass is 10.3. The van der Waals surface area contributed by atoms with E-state index in [9.17, 15) is 0 Å². The molecule has 0 aliphatic heterocycles. The first kappa shape index (κ1) is 16.9. The summed E-state index contributed by atoms with van der Waals surface area (Å²) in [4.78, 5) is 0. The van der Waals surface area contributed by atoms with Crippen molar-refractivity contribution in [2.45, 2.75) is 19.4 Å². The van der Waals surface area contributed by atoms with Gasteiger partial charge in [-0.1, -0.05) is 34.8 Å². The Morgan fingerprint density at radius 2 is 1.84 bits per heavy atom. The van der Waals surface area contributed by atoms with Gasteiger partial charge >= 0.3 is 0 Å². The lowest BCUT2D eigenvalue weighted by Crippen LogP contribution is -2.30. The molecule has 0 aliphatic rings. The van der Waals surface area contributed by atoms with E-state index in [4.69, 9.17) is 44.3 Å². The zero-order valence-corrected chi connectivity index (χ0v) is 13.3. The fraction of sp³-hybridized carbons (Fsp3) is 0.538. The maximum absolute atomic E-state index is 6.04. The number of benzene rings is 1. The van der Waals surface area contributed by atoms with Gasteiger partial charge in [0.1, 0.15) is 11.9 Å². The third kappa shape index (κ3) is 6.19. The maximum Gasteiger partial charge on any atom is 0.139 e. The average molecular weight is 327 g/mol. The van der Waals surface area contributed by atoms with Crippen molar-refractivity contribution in [1.82, 2.24) is 5.32 Å². The van der Waals surface area contributed by atoms with Crippen LogP contribution >= 0.6 is 34.8 Å². The molecule has 1 unspecified atom stereocenters. The van der Waals surface area contributed by atoms with Gasteiger partial charge in [0.15, 0.2) is 0 Å². The van der Waals surface area contributed by atoms with Crippen LogP contribution in [-0.4, -0.2) is 32.9 Å². The summed E-state index contributed by atoms with van der Waals surface area (Å²) in [5.41, 5.74) is 0. The van der Waals surface area contributed by atoms with E-state index in [2.05, 4.69) is 5.32 Å². The van der Waals surface area contributed by atoms with Crippen molar-refractivity contribution in [2.75, 3.05) is 26.8 Å². The van der Waals surface area contributed by atoms with E-state index in [-0.39, 0.29) is 6.10 Å². The van der Waals surface area contributed by atoms with Crippen LogP contribution in [0.25, 0.3) is 0 Å². The van der Waals surface area contributed by atoms with Crippen molar-refractivity contribution in [3.05, 3.63) is 27.2 Å². The molecule has 0 bridgehead atoms. The molecule has 3 nitrogen and oxygen atoms in total. The average Bonchev–Trinajstić information content (AvgIpc) is 2.35. The van der Waals surface area contributed by atoms with Gasteiger partial charge in [0, 0.05) is 26.3 Å². The molecule has 0 aromatic heterocycles. The van der Waals surface area contributed by atoms with Gasteiger partial charge in [-0.15, -0.1) is 0 Å². The number of nitrogens with one attached hydrogen (secondary N) is 1. The Hall–Kier alpha value is -0.190. The predicted octanol–water partition coefficient (Wildman–Crippen LogP) is 4.04. The Morgan fingerprint density at radius 1 is 1.16 bits per heavy atom. The second-order valence-electron chi connectivity index (χ2n) is 4.18. The summed E-state index contributed by atoms with van der Waals surface area (Å²) < 4.78 is 10.7. The van der Waals surface area contributed by atoms with Gasteiger partial charge in [0.05, 0.1) is 15.1 Å². The molecule has 0 fully saturated rings. The molecule has 1 rings (SSSR count). The molecule has 108 valence electrons. The highest BCUT2D eigenvalue weighted by Gasteiger charge is 2.10. The Labute approximate surface area is 129 Å². The van der Waals surface area contributed by atoms with Crippen LogP contribution in [0.15, 0.2) is 12.1 Å². The van der Waals surface area contributed by atoms with Crippen molar-refractivity contribution in [1.29, 1.82) is 0 Å². The van der Waals surface area contributed by atoms with Crippen molar-refractivity contribution < 1.29 is 9.47 Å². The Kier molecular flexibility index (Phi) is 7.88. The van der Waals surface area contributed by atoms with Crippen LogP contribution in [0, 0.1) is 0 Å². The molecule has 1 N–H and O–H groups in total. The molecule has 0 spiro atoms. The number of halogens is 3. The van der Waals surface area contributed by atoms with Gasteiger partial charge in [0.2, 0.25) is 0 Å². The normalized spacial score (nSPS) is 12.5. The van der Waals surface area contributed by atoms with Crippen LogP contribution in [0.5, 0.6) is 5.75 Å². The van der Waals surface area contributed by atoms with E-state index < -0.39 is 0 Å². The van der Waals surface area contributed by atoms with Crippen molar-refractivity contribution >= 4 is 34.8 Å². The summed E-state index contributed by atoms with van der Waals surface area (Å²) in [7, 11) is 1.69. The van der Waals surface area contributed by atoms with Crippen LogP contribution in [0.3, 0.4) is 0 Å². The molecular formula is C13H18Cl3NO2. The van der Waals surface area contributed by atoms with E-state index in [1.54, 1.807) is 19.2 Å². The molecule has 1 atom stereocenters. The molecule has 0 saturated heterocycles. The summed E-state index contributed by atoms with van der Waals surface area (Å²) in [6.45, 7) is 4.32. The minimum absolute atomic E-state index is 0.0164. The van der Waals surface area contributed by atoms with Gasteiger partial charge in [-0.3, -0.25) is 0 Å². The van der Waals surface area contributed by atoms with E-state index in [0.29, 0.717) is 20.8 Å². The SMILES string of the molecule is COCCCNCC(C)Oc1cc(Cl)c(Cl)cc1Cl. The third-order valence-corrected chi connectivity index (χ3v) is 3.45. The Balaban J connectivity index is 2.40. The van der Waals surface area contributed by atoms with Crippen LogP contribution in [0.2, 0.25) is 15.1 Å². The number of hydrogen-bond acceptors (Lipinski definition) is 3. The van der Waals surface area contributed by atoms with Gasteiger partial charge in [-0.05, 0) is 26.0 Å². The fourth-order valence-electron chi connectivity index (χ4n) is 1.50. The van der Waals surface area contributed by atoms with E-state index in [0.717, 1.165) is 26.1 Å². The number of ether oxygens (including phenoxy) is 2. The number of rotatable bonds is 8. The zero-order chi connectivity index (χ0) is 14.3. The highest BCUT2D eigenvalue weighted by molar-refractivity contribution is 6.43. The molecule has 6 heteroatoms. The predicted molar refractivity (Wildman–Crippen MR) is 80.9 cm³/mol. The van der Waals surface area contributed by atoms with E-state index >= 15 is 0 Å². The summed E-state index contributed by atoms with van der Waals surface area (Å²) >= 11 is 17.8. The number of hydrogen-bond donors (Lipinski definition) is 1. The Morgan fingerprint density at radius 3 is 2.53 bits per heavy atom. The van der Waals surface area contributed by atoms with Crippen LogP contribution < -0.4 is 10.1 Å². The molecule has 19 heavy (non-hydrogen) atoms. The van der Waals surface area contributed by atoms with Crippen molar-refractivity contribution in [3.8, 4) is 5.75 Å². The zero-order valence-electron chi connectivity index (χ0n) is 11.0. The lowest BCUT2D eigenvalue weighted by molar-refractivity contribution is 0.188. The second kappa shape index (κ2) is 8.88. The van der Waals surface area contributed by atoms with Gasteiger partial charge in [0.25, 0.3) is 0 Å². The van der Waals surface area contributed by atoms with E-state index in [1.165, 1.54) is 0 Å². The number of methoxy groups -OCH3 is 1. The van der Waals surface area contributed by atoms with Gasteiger partial charge < -0.3 is 14.8 Å². The van der Waals surface area contributed by atoms with Crippen molar-refractivity contribution in [3.63, 3.8) is 0 Å². The largest absolute Gasteiger partial charge is 0.488 e. The molecule has 1 aromatic carbocycles. The molecule has 0 heterocycles. The maximum atomic E-state index is 6.04. The van der Waals surface area contributed by atoms with Crippen LogP contribution in [0.4, 0.5) is 0 Å². The second-order valence-corrected chi connectivity index (χ2v) is 5.40. The smallest absolute Gasteiger partial charge is 0.139 e. The van der Waals surface area contributed by atoms with Crippen LogP contribution in [-0.2, 0) is 4.74 Å². The molecule has 1 aromatic rings. The summed E-state index contributed by atoms with van der Waals surface area (Å²) in [5, 5.41) is 4.59. The topological polar surface area (TPSA) is 30.5 Å². The standard InChI is InChI=1S/C13H18Cl3NO2/c1-9(8-17-4-3-5-18-2)19-13-7-11(15)10(14)6-12(13)16/h6-7,9,17H,3-5,8H2,1-2H3. The molecule has 0 aliphatic carbocycles. The lowest BCUT2D eigenvalue weighted by Gasteiger charge is -2.17. The third-order valence-electron chi connectivity index (χ3n) is 2.44. The highest BCUT2D eigenvalue weighted by atomic mass is 35.5. The molecule has 0 radical (unpaired) electrons. The van der Waals surface area contributed by atoms with Crippen LogP contribution in [0.1, 0.15) is 13.3 Å². The first-order chi connectivity index (χ1) is 9.04. The first-order valence-electron chi connectivity index (χ1n) is 6.05. The summed E-state index contributed by atoms with van der Waals surface area (Å²) in [5.74, 6) is 0.544. The quantitative estimate of drug-likeness (QED) is 0.578. The van der Waals surface area contributed by atoms with Gasteiger partial charge in [-0.25, -0.2) is 0 Å². The molecule has 0 amide bonds. The molecular weight excluding hydrogens is 309 g/mol. The first-order valence-corrected chi connectivity index (χ1v) is 7.18. The minimum atomic E-state index is -0.0164. The summed E-state index contributed by atoms with van der Waals surface area (Å²) in [6.07, 6.45) is 0.953. The van der Waals surface area contributed by atoms with E-state index in [1.807, 2.05) is 6.92 Å². The molecule has 0 saturated carbocycles. The highest BCUT2D eigenvalue weighted by Crippen LogP contribution is 2.34. The minimum Gasteiger partial charge on any atom is -0.488 e. The fourth-order valence-corrected chi connectivity index (χ4v) is 2.08. The van der Waals surface area contributed by atoms with Gasteiger partial charge in [-0.2, -0.15) is 0 Å². The monoisotopic (exact) mass is 325 g/mol. The van der Waals surface area contributed by atoms with Crippen molar-refractivity contribution in [2.24, 2.45) is 0 Å². The summed E-state index contributed by atoms with van der Waals surface area (Å²) in [6, 6.07) is 3.22.